The van der Waals surface area contributed by atoms with Gasteiger partial charge >= 0.3 is 0 Å². The molecule has 0 aliphatic rings. The normalized spacial score (nSPS) is 10.3. The second-order valence-electron chi connectivity index (χ2n) is 2.85. The van der Waals surface area contributed by atoms with E-state index in [9.17, 15) is 0 Å². The summed E-state index contributed by atoms with van der Waals surface area (Å²) in [5.74, 6) is 0. The van der Waals surface area contributed by atoms with Crippen molar-refractivity contribution >= 4 is 49.9 Å². The third-order valence-corrected chi connectivity index (χ3v) is 3.42. The van der Waals surface area contributed by atoms with Crippen molar-refractivity contribution in [3.8, 4) is 6.07 Å². The quantitative estimate of drug-likeness (QED) is 0.685. The van der Waals surface area contributed by atoms with E-state index in [0.717, 1.165) is 9.86 Å². The zero-order chi connectivity index (χ0) is 11.0. The molecule has 2 rings (SSSR count). The molecule has 0 bridgehead atoms. The van der Waals surface area contributed by atoms with Gasteiger partial charge in [0.05, 0.1) is 10.0 Å². The summed E-state index contributed by atoms with van der Waals surface area (Å²) in [7, 11) is 0. The Morgan fingerprint density at radius 2 is 2.13 bits per heavy atom. The van der Waals surface area contributed by atoms with E-state index in [1.54, 1.807) is 12.1 Å². The van der Waals surface area contributed by atoms with Crippen LogP contribution in [0.1, 0.15) is 5.69 Å². The smallest absolute Gasteiger partial charge is 0.149 e. The Morgan fingerprint density at radius 3 is 2.80 bits per heavy atom. The summed E-state index contributed by atoms with van der Waals surface area (Å²) in [6.07, 6.45) is 1.54. The average Bonchev–Trinajstić information content (AvgIpc) is 2.25. The number of rotatable bonds is 0. The van der Waals surface area contributed by atoms with Crippen LogP contribution < -0.4 is 0 Å². The highest BCUT2D eigenvalue weighted by atomic mass is 79.9. The van der Waals surface area contributed by atoms with Gasteiger partial charge in [-0.3, -0.25) is 0 Å². The van der Waals surface area contributed by atoms with Gasteiger partial charge in [-0.15, -0.1) is 0 Å². The SMILES string of the molecule is N#Cc1nccc2c(Cl)c(Cl)cc(Br)c12. The predicted molar refractivity (Wildman–Crippen MR) is 64.2 cm³/mol. The molecule has 0 aliphatic heterocycles. The number of hydrogen-bond donors (Lipinski definition) is 0. The Balaban J connectivity index is 3.03. The van der Waals surface area contributed by atoms with Crippen LogP contribution in [0.4, 0.5) is 0 Å². The lowest BCUT2D eigenvalue weighted by atomic mass is 10.1. The summed E-state index contributed by atoms with van der Waals surface area (Å²) in [6.45, 7) is 0. The molecule has 15 heavy (non-hydrogen) atoms. The van der Waals surface area contributed by atoms with Gasteiger partial charge in [0.2, 0.25) is 0 Å². The molecule has 0 amide bonds. The van der Waals surface area contributed by atoms with Gasteiger partial charge in [-0.05, 0) is 28.1 Å². The fourth-order valence-corrected chi connectivity index (χ4v) is 2.53. The molecule has 0 saturated heterocycles. The number of fused-ring (bicyclic) bond motifs is 1. The minimum atomic E-state index is 0.331. The number of halogens is 3. The highest BCUT2D eigenvalue weighted by molar-refractivity contribution is 9.10. The molecule has 1 aromatic carbocycles. The van der Waals surface area contributed by atoms with Crippen molar-refractivity contribution in [3.63, 3.8) is 0 Å². The maximum Gasteiger partial charge on any atom is 0.149 e. The highest BCUT2D eigenvalue weighted by Gasteiger charge is 2.11. The number of benzene rings is 1. The molecule has 0 saturated carbocycles. The van der Waals surface area contributed by atoms with Gasteiger partial charge in [-0.25, -0.2) is 4.98 Å². The maximum atomic E-state index is 8.91. The van der Waals surface area contributed by atoms with Crippen molar-refractivity contribution in [2.75, 3.05) is 0 Å². The van der Waals surface area contributed by atoms with Crippen LogP contribution in [0.25, 0.3) is 10.8 Å². The molecule has 0 radical (unpaired) electrons. The first-order valence-corrected chi connectivity index (χ1v) is 5.52. The van der Waals surface area contributed by atoms with Crippen LogP contribution in [0.2, 0.25) is 10.0 Å². The second kappa shape index (κ2) is 3.97. The molecule has 0 N–H and O–H groups in total. The number of pyridine rings is 1. The highest BCUT2D eigenvalue weighted by Crippen LogP contribution is 2.36. The summed E-state index contributed by atoms with van der Waals surface area (Å²) in [4.78, 5) is 3.96. The Labute approximate surface area is 105 Å². The third kappa shape index (κ3) is 1.69. The van der Waals surface area contributed by atoms with Gasteiger partial charge in [-0.1, -0.05) is 23.2 Å². The van der Waals surface area contributed by atoms with Crippen molar-refractivity contribution in [1.29, 1.82) is 5.26 Å². The number of aromatic nitrogens is 1. The molecule has 0 aliphatic carbocycles. The predicted octanol–water partition coefficient (Wildman–Crippen LogP) is 4.18. The van der Waals surface area contributed by atoms with Crippen LogP contribution >= 0.6 is 39.1 Å². The Morgan fingerprint density at radius 1 is 1.40 bits per heavy atom. The van der Waals surface area contributed by atoms with Crippen LogP contribution in [0, 0.1) is 11.3 Å². The lowest BCUT2D eigenvalue weighted by molar-refractivity contribution is 1.29. The van der Waals surface area contributed by atoms with Gasteiger partial charge in [0.25, 0.3) is 0 Å². The first-order valence-electron chi connectivity index (χ1n) is 3.97. The summed E-state index contributed by atoms with van der Waals surface area (Å²) < 4.78 is 0.719. The summed E-state index contributed by atoms with van der Waals surface area (Å²) >= 11 is 15.3. The second-order valence-corrected chi connectivity index (χ2v) is 4.49. The molecule has 0 fully saturated rings. The molecule has 0 atom stereocenters. The molecule has 1 aromatic heterocycles. The molecule has 1 heterocycles. The molecular weight excluding hydrogens is 299 g/mol. The van der Waals surface area contributed by atoms with Crippen LogP contribution in [-0.4, -0.2) is 4.98 Å². The van der Waals surface area contributed by atoms with E-state index < -0.39 is 0 Å². The van der Waals surface area contributed by atoms with Gasteiger partial charge in [0, 0.05) is 21.4 Å². The monoisotopic (exact) mass is 300 g/mol. The Kier molecular flexibility index (Phi) is 2.83. The zero-order valence-corrected chi connectivity index (χ0v) is 10.4. The molecule has 0 spiro atoms. The van der Waals surface area contributed by atoms with E-state index in [1.807, 2.05) is 6.07 Å². The summed E-state index contributed by atoms with van der Waals surface area (Å²) in [6, 6.07) is 5.41. The van der Waals surface area contributed by atoms with Gasteiger partial charge in [0.1, 0.15) is 11.8 Å². The fraction of sp³-hybridized carbons (Fsp3) is 0. The zero-order valence-electron chi connectivity index (χ0n) is 7.26. The standard InChI is InChI=1S/C10H3BrCl2N2/c11-6-3-7(12)10(13)5-1-2-15-8(4-14)9(5)6/h1-3H. The van der Waals surface area contributed by atoms with Crippen LogP contribution in [0.3, 0.4) is 0 Å². The number of hydrogen-bond acceptors (Lipinski definition) is 2. The summed E-state index contributed by atoms with van der Waals surface area (Å²) in [5.41, 5.74) is 0.331. The van der Waals surface area contributed by atoms with E-state index in [1.165, 1.54) is 6.20 Å². The Hall–Kier alpha value is -0.820. The van der Waals surface area contributed by atoms with Crippen LogP contribution in [0.5, 0.6) is 0 Å². The minimum absolute atomic E-state index is 0.331. The maximum absolute atomic E-state index is 8.91. The number of nitriles is 1. The van der Waals surface area contributed by atoms with Crippen molar-refractivity contribution in [2.24, 2.45) is 0 Å². The van der Waals surface area contributed by atoms with Crippen molar-refractivity contribution < 1.29 is 0 Å². The largest absolute Gasteiger partial charge is 0.245 e. The third-order valence-electron chi connectivity index (χ3n) is 2.00. The lowest BCUT2D eigenvalue weighted by Gasteiger charge is -2.05. The lowest BCUT2D eigenvalue weighted by Crippen LogP contribution is -1.87. The average molecular weight is 302 g/mol. The summed E-state index contributed by atoms with van der Waals surface area (Å²) in [5, 5.41) is 11.2. The molecule has 2 nitrogen and oxygen atoms in total. The Bertz CT molecular complexity index is 590. The molecule has 2 aromatic rings. The van der Waals surface area contributed by atoms with Crippen LogP contribution in [0.15, 0.2) is 22.8 Å². The topological polar surface area (TPSA) is 36.7 Å². The minimum Gasteiger partial charge on any atom is -0.245 e. The fourth-order valence-electron chi connectivity index (χ4n) is 1.35. The van der Waals surface area contributed by atoms with Gasteiger partial charge in [0.15, 0.2) is 0 Å². The van der Waals surface area contributed by atoms with E-state index in [-0.39, 0.29) is 0 Å². The number of nitrogens with zero attached hydrogens (tertiary/aromatic N) is 2. The van der Waals surface area contributed by atoms with E-state index in [0.29, 0.717) is 21.1 Å². The van der Waals surface area contributed by atoms with E-state index in [2.05, 4.69) is 20.9 Å². The molecular formula is C10H3BrCl2N2. The van der Waals surface area contributed by atoms with E-state index >= 15 is 0 Å². The van der Waals surface area contributed by atoms with Gasteiger partial charge in [-0.2, -0.15) is 5.26 Å². The van der Waals surface area contributed by atoms with Crippen molar-refractivity contribution in [1.82, 2.24) is 4.98 Å². The van der Waals surface area contributed by atoms with Crippen molar-refractivity contribution in [2.45, 2.75) is 0 Å². The van der Waals surface area contributed by atoms with Crippen molar-refractivity contribution in [3.05, 3.63) is 38.5 Å². The van der Waals surface area contributed by atoms with Gasteiger partial charge < -0.3 is 0 Å². The first-order chi connectivity index (χ1) is 7.15. The van der Waals surface area contributed by atoms with E-state index in [4.69, 9.17) is 28.5 Å². The molecule has 0 unspecified atom stereocenters. The molecule has 5 heteroatoms. The van der Waals surface area contributed by atoms with Crippen LogP contribution in [-0.2, 0) is 0 Å². The molecule has 74 valence electrons. The first kappa shape index (κ1) is 10.7.